The van der Waals surface area contributed by atoms with E-state index in [9.17, 15) is 14.4 Å². The topological polar surface area (TPSA) is 97.0 Å². The van der Waals surface area contributed by atoms with Gasteiger partial charge in [-0.05, 0) is 50.1 Å². The van der Waals surface area contributed by atoms with E-state index in [2.05, 4.69) is 10.9 Å². The molecule has 0 radical (unpaired) electrons. The molecule has 0 saturated carbocycles. The molecule has 2 aromatic carbocycles. The number of para-hydroxylation sites is 1. The number of carbonyl (C=O) groups excluding carboxylic acids is 3. The quantitative estimate of drug-likeness (QED) is 0.666. The summed E-state index contributed by atoms with van der Waals surface area (Å²) in [7, 11) is 1.42. The minimum atomic E-state index is -0.699. The second kappa shape index (κ2) is 10.2. The number of hydrazine groups is 1. The highest BCUT2D eigenvalue weighted by atomic mass is 35.5. The van der Waals surface area contributed by atoms with Gasteiger partial charge in [-0.2, -0.15) is 0 Å². The molecule has 0 bridgehead atoms. The molecule has 1 fully saturated rings. The van der Waals surface area contributed by atoms with Crippen LogP contribution in [0.25, 0.3) is 0 Å². The molecule has 2 N–H and O–H groups in total. The molecule has 8 nitrogen and oxygen atoms in total. The van der Waals surface area contributed by atoms with Gasteiger partial charge in [-0.1, -0.05) is 23.7 Å². The number of benzene rings is 2. The number of amides is 3. The lowest BCUT2D eigenvalue weighted by Crippen LogP contribution is -2.51. The van der Waals surface area contributed by atoms with Crippen molar-refractivity contribution in [2.45, 2.75) is 25.8 Å². The maximum Gasteiger partial charge on any atom is 0.273 e. The van der Waals surface area contributed by atoms with Crippen LogP contribution in [0.3, 0.4) is 0 Å². The SMILES string of the molecule is CCOc1ccccc1C(=O)N1CCCC1C(=O)NNC(=O)c1ccc(Cl)cc1OC. The average molecular weight is 446 g/mol. The van der Waals surface area contributed by atoms with E-state index in [-0.39, 0.29) is 17.2 Å². The van der Waals surface area contributed by atoms with E-state index < -0.39 is 17.9 Å². The van der Waals surface area contributed by atoms with Crippen molar-refractivity contribution in [3.8, 4) is 11.5 Å². The molecule has 1 aliphatic rings. The van der Waals surface area contributed by atoms with Crippen molar-refractivity contribution >= 4 is 29.3 Å². The molecule has 1 unspecified atom stereocenters. The molecule has 3 rings (SSSR count). The van der Waals surface area contributed by atoms with Gasteiger partial charge in [0.15, 0.2) is 0 Å². The lowest BCUT2D eigenvalue weighted by molar-refractivity contribution is -0.125. The third-order valence-corrected chi connectivity index (χ3v) is 5.18. The Balaban J connectivity index is 1.68. The van der Waals surface area contributed by atoms with Crippen molar-refractivity contribution in [1.82, 2.24) is 15.8 Å². The third kappa shape index (κ3) is 5.08. The second-order valence-corrected chi connectivity index (χ2v) is 7.31. The van der Waals surface area contributed by atoms with Crippen molar-refractivity contribution in [3.05, 3.63) is 58.6 Å². The van der Waals surface area contributed by atoms with Gasteiger partial charge in [-0.25, -0.2) is 0 Å². The molecule has 3 amide bonds. The first-order valence-corrected chi connectivity index (χ1v) is 10.3. The summed E-state index contributed by atoms with van der Waals surface area (Å²) in [6, 6.07) is 10.8. The fourth-order valence-electron chi connectivity index (χ4n) is 3.48. The van der Waals surface area contributed by atoms with Gasteiger partial charge in [-0.15, -0.1) is 0 Å². The fourth-order valence-corrected chi connectivity index (χ4v) is 3.65. The van der Waals surface area contributed by atoms with E-state index in [1.807, 2.05) is 6.92 Å². The summed E-state index contributed by atoms with van der Waals surface area (Å²) in [5.74, 6) is -0.554. The van der Waals surface area contributed by atoms with Gasteiger partial charge in [0.2, 0.25) is 0 Å². The molecular weight excluding hydrogens is 422 g/mol. The minimum Gasteiger partial charge on any atom is -0.496 e. The van der Waals surface area contributed by atoms with Gasteiger partial charge in [0, 0.05) is 11.6 Å². The number of hydrogen-bond acceptors (Lipinski definition) is 5. The Bertz CT molecular complexity index is 981. The number of likely N-dealkylation sites (tertiary alicyclic amines) is 1. The predicted octanol–water partition coefficient (Wildman–Crippen LogP) is 2.81. The van der Waals surface area contributed by atoms with Crippen molar-refractivity contribution in [1.29, 1.82) is 0 Å². The van der Waals surface area contributed by atoms with E-state index in [0.29, 0.717) is 42.3 Å². The van der Waals surface area contributed by atoms with E-state index in [0.717, 1.165) is 0 Å². The zero-order valence-electron chi connectivity index (χ0n) is 17.3. The van der Waals surface area contributed by atoms with E-state index in [1.165, 1.54) is 24.1 Å². The fraction of sp³-hybridized carbons (Fsp3) is 0.318. The van der Waals surface area contributed by atoms with Crippen LogP contribution < -0.4 is 20.3 Å². The lowest BCUT2D eigenvalue weighted by Gasteiger charge is -2.25. The van der Waals surface area contributed by atoms with Gasteiger partial charge < -0.3 is 14.4 Å². The number of methoxy groups -OCH3 is 1. The average Bonchev–Trinajstić information content (AvgIpc) is 3.27. The number of carbonyl (C=O) groups is 3. The Morgan fingerprint density at radius 3 is 2.61 bits per heavy atom. The molecule has 1 heterocycles. The van der Waals surface area contributed by atoms with Gasteiger partial charge in [-0.3, -0.25) is 25.2 Å². The summed E-state index contributed by atoms with van der Waals surface area (Å²) in [5.41, 5.74) is 5.41. The first-order chi connectivity index (χ1) is 15.0. The van der Waals surface area contributed by atoms with Gasteiger partial charge >= 0.3 is 0 Å². The molecule has 31 heavy (non-hydrogen) atoms. The first kappa shape index (κ1) is 22.4. The van der Waals surface area contributed by atoms with Crippen molar-refractivity contribution in [3.63, 3.8) is 0 Å². The smallest absolute Gasteiger partial charge is 0.273 e. The Labute approximate surface area is 185 Å². The van der Waals surface area contributed by atoms with Crippen LogP contribution in [0.1, 0.15) is 40.5 Å². The Morgan fingerprint density at radius 1 is 1.10 bits per heavy atom. The lowest BCUT2D eigenvalue weighted by atomic mass is 10.1. The summed E-state index contributed by atoms with van der Waals surface area (Å²) >= 11 is 5.91. The van der Waals surface area contributed by atoms with Gasteiger partial charge in [0.25, 0.3) is 17.7 Å². The standard InChI is InChI=1S/C22H24ClN3O5/c1-3-31-18-9-5-4-7-16(18)22(29)26-12-6-8-17(26)21(28)25-24-20(27)15-11-10-14(23)13-19(15)30-2/h4-5,7,9-11,13,17H,3,6,8,12H2,1-2H3,(H,24,27)(H,25,28). The Kier molecular flexibility index (Phi) is 7.36. The normalized spacial score (nSPS) is 15.3. The maximum atomic E-state index is 13.1. The highest BCUT2D eigenvalue weighted by Crippen LogP contribution is 2.26. The van der Waals surface area contributed by atoms with Crippen molar-refractivity contribution in [2.75, 3.05) is 20.3 Å². The summed E-state index contributed by atoms with van der Waals surface area (Å²) in [6.07, 6.45) is 1.17. The van der Waals surface area contributed by atoms with Crippen molar-refractivity contribution < 1.29 is 23.9 Å². The Morgan fingerprint density at radius 2 is 1.87 bits per heavy atom. The zero-order valence-corrected chi connectivity index (χ0v) is 18.1. The van der Waals surface area contributed by atoms with Gasteiger partial charge in [0.1, 0.15) is 17.5 Å². The number of ether oxygens (including phenoxy) is 2. The summed E-state index contributed by atoms with van der Waals surface area (Å²) < 4.78 is 10.7. The summed E-state index contributed by atoms with van der Waals surface area (Å²) in [6.45, 7) is 2.70. The molecule has 1 atom stereocenters. The van der Waals surface area contributed by atoms with Crippen molar-refractivity contribution in [2.24, 2.45) is 0 Å². The largest absolute Gasteiger partial charge is 0.496 e. The van der Waals surface area contributed by atoms with Crippen LogP contribution >= 0.6 is 11.6 Å². The van der Waals surface area contributed by atoms with E-state index in [4.69, 9.17) is 21.1 Å². The summed E-state index contributed by atoms with van der Waals surface area (Å²) in [5, 5.41) is 0.421. The van der Waals surface area contributed by atoms with Crippen LogP contribution in [0.2, 0.25) is 5.02 Å². The monoisotopic (exact) mass is 445 g/mol. The second-order valence-electron chi connectivity index (χ2n) is 6.87. The van der Waals surface area contributed by atoms with E-state index >= 15 is 0 Å². The third-order valence-electron chi connectivity index (χ3n) is 4.94. The predicted molar refractivity (Wildman–Crippen MR) is 115 cm³/mol. The number of hydrogen-bond donors (Lipinski definition) is 2. The number of nitrogens with one attached hydrogen (secondary N) is 2. The van der Waals surface area contributed by atoms with Crippen LogP contribution in [0.4, 0.5) is 0 Å². The first-order valence-electron chi connectivity index (χ1n) is 9.92. The molecule has 9 heteroatoms. The molecule has 1 aliphatic heterocycles. The van der Waals surface area contributed by atoms with Crippen LogP contribution in [0, 0.1) is 0 Å². The van der Waals surface area contributed by atoms with Crippen LogP contribution in [0.15, 0.2) is 42.5 Å². The Hall–Kier alpha value is -3.26. The summed E-state index contributed by atoms with van der Waals surface area (Å²) in [4.78, 5) is 39.8. The van der Waals surface area contributed by atoms with Gasteiger partial charge in [0.05, 0.1) is 24.8 Å². The van der Waals surface area contributed by atoms with Crippen LogP contribution in [0.5, 0.6) is 11.5 Å². The number of rotatable bonds is 6. The highest BCUT2D eigenvalue weighted by Gasteiger charge is 2.35. The van der Waals surface area contributed by atoms with Crippen LogP contribution in [-0.4, -0.2) is 48.9 Å². The molecule has 0 aromatic heterocycles. The highest BCUT2D eigenvalue weighted by molar-refractivity contribution is 6.30. The molecular formula is C22H24ClN3O5. The van der Waals surface area contributed by atoms with Crippen LogP contribution in [-0.2, 0) is 4.79 Å². The number of halogens is 1. The molecule has 1 saturated heterocycles. The molecule has 2 aromatic rings. The van der Waals surface area contributed by atoms with E-state index in [1.54, 1.807) is 30.3 Å². The molecule has 0 aliphatic carbocycles. The zero-order chi connectivity index (χ0) is 22.4. The number of nitrogens with zero attached hydrogens (tertiary/aromatic N) is 1. The molecule has 0 spiro atoms. The molecule has 164 valence electrons. The maximum absolute atomic E-state index is 13.1. The minimum absolute atomic E-state index is 0.220.